The number of amides is 1. The Labute approximate surface area is 210 Å². The summed E-state index contributed by atoms with van der Waals surface area (Å²) in [6.45, 7) is 12.4. The van der Waals surface area contributed by atoms with Gasteiger partial charge in [-0.05, 0) is 61.6 Å². The molecule has 34 heavy (non-hydrogen) atoms. The third-order valence-corrected chi connectivity index (χ3v) is 6.85. The second-order valence-corrected chi connectivity index (χ2v) is 9.26. The molecule has 0 aliphatic rings. The van der Waals surface area contributed by atoms with Crippen LogP contribution in [0.1, 0.15) is 49.4 Å². The minimum absolute atomic E-state index is 0.0729. The number of nitrogens with one attached hydrogen (secondary N) is 1. The minimum Gasteiger partial charge on any atom is -0.483 e. The maximum absolute atomic E-state index is 12.8. The highest BCUT2D eigenvalue weighted by molar-refractivity contribution is 7.99. The number of aryl methyl sites for hydroxylation is 3. The highest BCUT2D eigenvalue weighted by atomic mass is 35.5. The lowest BCUT2D eigenvalue weighted by molar-refractivity contribution is -0.113. The number of carbonyl (C=O) groups excluding carboxylic acids is 1. The number of hydrogen-bond acceptors (Lipinski definition) is 5. The molecule has 0 radical (unpaired) electrons. The van der Waals surface area contributed by atoms with E-state index in [9.17, 15) is 4.79 Å². The molecule has 3 aromatic rings. The van der Waals surface area contributed by atoms with E-state index < -0.39 is 0 Å². The number of rotatable bonds is 11. The molecule has 1 unspecified atom stereocenters. The van der Waals surface area contributed by atoms with Crippen molar-refractivity contribution in [3.05, 3.63) is 76.6 Å². The Bertz CT molecular complexity index is 1140. The van der Waals surface area contributed by atoms with Crippen molar-refractivity contribution in [2.45, 2.75) is 58.3 Å². The summed E-state index contributed by atoms with van der Waals surface area (Å²) in [6.07, 6.45) is 3.15. The lowest BCUT2D eigenvalue weighted by Crippen LogP contribution is -2.17. The van der Waals surface area contributed by atoms with Crippen molar-refractivity contribution in [2.75, 3.05) is 11.1 Å². The van der Waals surface area contributed by atoms with Gasteiger partial charge in [0.1, 0.15) is 5.75 Å². The topological polar surface area (TPSA) is 69.0 Å². The van der Waals surface area contributed by atoms with E-state index in [1.165, 1.54) is 11.8 Å². The van der Waals surface area contributed by atoms with Gasteiger partial charge in [0.15, 0.2) is 17.1 Å². The van der Waals surface area contributed by atoms with E-state index in [-0.39, 0.29) is 17.8 Å². The third kappa shape index (κ3) is 6.21. The molecule has 0 aliphatic heterocycles. The van der Waals surface area contributed by atoms with Crippen LogP contribution in [0.3, 0.4) is 0 Å². The van der Waals surface area contributed by atoms with Gasteiger partial charge in [-0.2, -0.15) is 0 Å². The van der Waals surface area contributed by atoms with Crippen molar-refractivity contribution in [3.8, 4) is 5.75 Å². The van der Waals surface area contributed by atoms with Gasteiger partial charge < -0.3 is 10.1 Å². The normalized spacial score (nSPS) is 11.8. The maximum Gasteiger partial charge on any atom is 0.234 e. The Kier molecular flexibility index (Phi) is 9.19. The number of thioether (sulfide) groups is 1. The quantitative estimate of drug-likeness (QED) is 0.244. The number of hydrogen-bond donors (Lipinski definition) is 1. The van der Waals surface area contributed by atoms with Crippen molar-refractivity contribution in [3.63, 3.8) is 0 Å². The molecule has 1 amide bonds. The summed E-state index contributed by atoms with van der Waals surface area (Å²) < 4.78 is 8.01. The Morgan fingerprint density at radius 3 is 2.56 bits per heavy atom. The average Bonchev–Trinajstić information content (AvgIpc) is 3.23. The van der Waals surface area contributed by atoms with Crippen molar-refractivity contribution >= 4 is 35.0 Å². The maximum atomic E-state index is 12.8. The molecule has 0 spiro atoms. The standard InChI is InChI=1S/C26H31ClN4O2S/c1-6-14-31-25(18(5)33-21-12-13-22(27)17(4)15-21)29-30-26(31)34-16-23(32)28-24-19(7-2)10-9-11-20(24)8-3/h6,9-13,15,18H,1,7-8,14,16H2,2-5H3,(H,28,32). The molecule has 0 saturated carbocycles. The van der Waals surface area contributed by atoms with Gasteiger partial charge >= 0.3 is 0 Å². The molecule has 0 bridgehead atoms. The molecule has 180 valence electrons. The van der Waals surface area contributed by atoms with Crippen LogP contribution in [0, 0.1) is 6.92 Å². The monoisotopic (exact) mass is 498 g/mol. The lowest BCUT2D eigenvalue weighted by Gasteiger charge is -2.16. The fraction of sp³-hybridized carbons (Fsp3) is 0.346. The Hall–Kier alpha value is -2.77. The summed E-state index contributed by atoms with van der Waals surface area (Å²) in [7, 11) is 0. The van der Waals surface area contributed by atoms with Crippen LogP contribution in [0.4, 0.5) is 5.69 Å². The van der Waals surface area contributed by atoms with Crippen LogP contribution < -0.4 is 10.1 Å². The first kappa shape index (κ1) is 25.8. The highest BCUT2D eigenvalue weighted by Gasteiger charge is 2.20. The van der Waals surface area contributed by atoms with Crippen LogP contribution in [-0.2, 0) is 24.2 Å². The summed E-state index contributed by atoms with van der Waals surface area (Å²) in [5.74, 6) is 1.52. The SMILES string of the molecule is C=CCn1c(SCC(=O)Nc2c(CC)cccc2CC)nnc1C(C)Oc1ccc(Cl)c(C)c1. The Balaban J connectivity index is 1.71. The van der Waals surface area contributed by atoms with Crippen molar-refractivity contribution in [1.82, 2.24) is 14.8 Å². The van der Waals surface area contributed by atoms with Crippen molar-refractivity contribution in [2.24, 2.45) is 0 Å². The van der Waals surface area contributed by atoms with Crippen LogP contribution >= 0.6 is 23.4 Å². The van der Waals surface area contributed by atoms with E-state index in [0.717, 1.165) is 35.2 Å². The van der Waals surface area contributed by atoms with Gasteiger partial charge in [-0.25, -0.2) is 0 Å². The molecule has 0 aliphatic carbocycles. The van der Waals surface area contributed by atoms with Gasteiger partial charge in [-0.15, -0.1) is 16.8 Å². The first-order chi connectivity index (χ1) is 16.4. The number of halogens is 1. The Morgan fingerprint density at radius 1 is 1.24 bits per heavy atom. The first-order valence-corrected chi connectivity index (χ1v) is 12.7. The van der Waals surface area contributed by atoms with Crippen molar-refractivity contribution in [1.29, 1.82) is 0 Å². The average molecular weight is 499 g/mol. The number of para-hydroxylation sites is 1. The molecule has 1 N–H and O–H groups in total. The molecule has 1 heterocycles. The van der Waals surface area contributed by atoms with E-state index >= 15 is 0 Å². The number of allylic oxidation sites excluding steroid dienone is 1. The van der Waals surface area contributed by atoms with Gasteiger partial charge in [-0.3, -0.25) is 9.36 Å². The predicted molar refractivity (Wildman–Crippen MR) is 140 cm³/mol. The summed E-state index contributed by atoms with van der Waals surface area (Å²) in [6, 6.07) is 11.7. The summed E-state index contributed by atoms with van der Waals surface area (Å²) >= 11 is 7.47. The van der Waals surface area contributed by atoms with Crippen LogP contribution in [0.2, 0.25) is 5.02 Å². The van der Waals surface area contributed by atoms with Crippen LogP contribution in [0.25, 0.3) is 0 Å². The number of ether oxygens (including phenoxy) is 1. The summed E-state index contributed by atoms with van der Waals surface area (Å²) in [4.78, 5) is 12.8. The van der Waals surface area contributed by atoms with E-state index in [1.807, 2.05) is 42.7 Å². The zero-order chi connectivity index (χ0) is 24.7. The third-order valence-electron chi connectivity index (χ3n) is 5.46. The van der Waals surface area contributed by atoms with Crippen molar-refractivity contribution < 1.29 is 9.53 Å². The smallest absolute Gasteiger partial charge is 0.234 e. The summed E-state index contributed by atoms with van der Waals surface area (Å²) in [5.41, 5.74) is 4.14. The highest BCUT2D eigenvalue weighted by Crippen LogP contribution is 2.28. The number of carbonyl (C=O) groups is 1. The molecule has 2 aromatic carbocycles. The van der Waals surface area contributed by atoms with Gasteiger partial charge in [0.05, 0.1) is 5.75 Å². The number of nitrogens with zero attached hydrogens (tertiary/aromatic N) is 3. The summed E-state index contributed by atoms with van der Waals surface area (Å²) in [5, 5.41) is 13.1. The number of benzene rings is 2. The van der Waals surface area contributed by atoms with Crippen LogP contribution in [0.5, 0.6) is 5.75 Å². The predicted octanol–water partition coefficient (Wildman–Crippen LogP) is 6.42. The van der Waals surface area contributed by atoms with Gasteiger partial charge in [0.2, 0.25) is 5.91 Å². The molecule has 8 heteroatoms. The Morgan fingerprint density at radius 2 is 1.94 bits per heavy atom. The largest absolute Gasteiger partial charge is 0.483 e. The second kappa shape index (κ2) is 12.1. The van der Waals surface area contributed by atoms with Gasteiger partial charge in [0.25, 0.3) is 0 Å². The molecule has 1 atom stereocenters. The molecule has 3 rings (SSSR count). The molecule has 0 fully saturated rings. The van der Waals surface area contributed by atoms with E-state index in [1.54, 1.807) is 6.08 Å². The van der Waals surface area contributed by atoms with Crippen LogP contribution in [0.15, 0.2) is 54.2 Å². The second-order valence-electron chi connectivity index (χ2n) is 7.91. The molecule has 6 nitrogen and oxygen atoms in total. The number of anilines is 1. The molecule has 1 aromatic heterocycles. The molecular weight excluding hydrogens is 468 g/mol. The fourth-order valence-corrected chi connectivity index (χ4v) is 4.54. The zero-order valence-electron chi connectivity index (χ0n) is 20.1. The number of aromatic nitrogens is 3. The van der Waals surface area contributed by atoms with E-state index in [2.05, 4.69) is 48.1 Å². The van der Waals surface area contributed by atoms with Gasteiger partial charge in [0, 0.05) is 17.3 Å². The molecule has 0 saturated heterocycles. The first-order valence-electron chi connectivity index (χ1n) is 11.4. The minimum atomic E-state index is -0.347. The van der Waals surface area contributed by atoms with Crippen LogP contribution in [-0.4, -0.2) is 26.4 Å². The van der Waals surface area contributed by atoms with Gasteiger partial charge in [-0.1, -0.05) is 61.5 Å². The molecular formula is C26H31ClN4O2S. The van der Waals surface area contributed by atoms with E-state index in [0.29, 0.717) is 28.3 Å². The lowest BCUT2D eigenvalue weighted by atomic mass is 10.0. The van der Waals surface area contributed by atoms with E-state index in [4.69, 9.17) is 16.3 Å². The zero-order valence-corrected chi connectivity index (χ0v) is 21.7. The fourth-order valence-electron chi connectivity index (χ4n) is 3.66.